The van der Waals surface area contributed by atoms with Crippen LogP contribution in [-0.2, 0) is 20.0 Å². The number of aliphatic carboxylic acids is 1. The Hall–Kier alpha value is -1.27. The Morgan fingerprint density at radius 2 is 1.87 bits per heavy atom. The molecule has 1 aromatic carbocycles. The Kier molecular flexibility index (Phi) is 4.31. The highest BCUT2D eigenvalue weighted by atomic mass is 35.5. The van der Waals surface area contributed by atoms with Crippen molar-refractivity contribution in [3.63, 3.8) is 0 Å². The van der Waals surface area contributed by atoms with E-state index in [0.717, 1.165) is 19.3 Å². The Morgan fingerprint density at radius 3 is 2.39 bits per heavy atom. The van der Waals surface area contributed by atoms with Gasteiger partial charge in [0.1, 0.15) is 11.9 Å². The van der Waals surface area contributed by atoms with Crippen LogP contribution in [0.3, 0.4) is 0 Å². The number of hydrogen-bond acceptors (Lipinski definition) is 4. The summed E-state index contributed by atoms with van der Waals surface area (Å²) >= 11 is 6.24. The van der Waals surface area contributed by atoms with Gasteiger partial charge in [-0.05, 0) is 30.5 Å². The number of carboxylic acids is 1. The third kappa shape index (κ3) is 3.19. The van der Waals surface area contributed by atoms with Crippen LogP contribution < -0.4 is 4.74 Å². The first-order valence-corrected chi connectivity index (χ1v) is 9.93. The highest BCUT2D eigenvalue weighted by Crippen LogP contribution is 2.42. The molecule has 1 N–H and O–H groups in total. The van der Waals surface area contributed by atoms with Crippen molar-refractivity contribution in [3.05, 3.63) is 28.8 Å². The molecule has 0 bridgehead atoms. The molecule has 0 radical (unpaired) electrons. The molecule has 1 aliphatic carbocycles. The lowest BCUT2D eigenvalue weighted by Gasteiger charge is -2.34. The van der Waals surface area contributed by atoms with Gasteiger partial charge in [0.15, 0.2) is 9.84 Å². The van der Waals surface area contributed by atoms with Gasteiger partial charge < -0.3 is 9.84 Å². The van der Waals surface area contributed by atoms with Gasteiger partial charge in [0.05, 0.1) is 21.9 Å². The number of hydrogen-bond donors (Lipinski definition) is 1. The lowest BCUT2D eigenvalue weighted by atomic mass is 9.69. The molecule has 1 saturated heterocycles. The number of halogens is 1. The molecule has 0 amide bonds. The van der Waals surface area contributed by atoms with E-state index in [0.29, 0.717) is 29.2 Å². The average molecular weight is 359 g/mol. The third-order valence-corrected chi connectivity index (χ3v) is 6.83. The monoisotopic (exact) mass is 358 g/mol. The highest BCUT2D eigenvalue weighted by molar-refractivity contribution is 7.92. The molecule has 126 valence electrons. The van der Waals surface area contributed by atoms with Crippen molar-refractivity contribution in [1.29, 1.82) is 0 Å². The summed E-state index contributed by atoms with van der Waals surface area (Å²) in [6, 6.07) is 5.05. The van der Waals surface area contributed by atoms with Gasteiger partial charge in [-0.2, -0.15) is 0 Å². The standard InChI is InChI=1S/C16H19ClO5S/c17-13-8-11(16(15(18)19)6-2-1-3-7-16)4-5-14(13)22-12-9-23(20,21)10-12/h4-5,8,12H,1-3,6-7,9-10H2,(H,18,19). The van der Waals surface area contributed by atoms with Gasteiger partial charge in [0.25, 0.3) is 0 Å². The minimum atomic E-state index is -2.96. The highest BCUT2D eigenvalue weighted by Gasteiger charge is 2.42. The lowest BCUT2D eigenvalue weighted by molar-refractivity contribution is -0.145. The molecular weight excluding hydrogens is 340 g/mol. The Morgan fingerprint density at radius 1 is 1.22 bits per heavy atom. The smallest absolute Gasteiger partial charge is 0.314 e. The number of carboxylic acid groups (broad SMARTS) is 1. The molecule has 0 unspecified atom stereocenters. The Bertz CT molecular complexity index is 710. The van der Waals surface area contributed by atoms with Crippen molar-refractivity contribution < 1.29 is 23.1 Å². The first-order valence-electron chi connectivity index (χ1n) is 7.73. The molecule has 1 heterocycles. The summed E-state index contributed by atoms with van der Waals surface area (Å²) in [6.07, 6.45) is 3.69. The van der Waals surface area contributed by atoms with Gasteiger partial charge in [-0.15, -0.1) is 0 Å². The lowest BCUT2D eigenvalue weighted by Crippen LogP contribution is -2.45. The second-order valence-electron chi connectivity index (χ2n) is 6.41. The van der Waals surface area contributed by atoms with Crippen LogP contribution in [0.15, 0.2) is 18.2 Å². The van der Waals surface area contributed by atoms with Crippen molar-refractivity contribution in [2.45, 2.75) is 43.6 Å². The zero-order chi connectivity index (χ0) is 16.7. The van der Waals surface area contributed by atoms with Crippen molar-refractivity contribution in [2.24, 2.45) is 0 Å². The maximum atomic E-state index is 11.8. The molecule has 23 heavy (non-hydrogen) atoms. The van der Waals surface area contributed by atoms with E-state index in [2.05, 4.69) is 0 Å². The second kappa shape index (κ2) is 5.98. The third-order valence-electron chi connectivity index (χ3n) is 4.77. The van der Waals surface area contributed by atoms with Crippen LogP contribution in [0.4, 0.5) is 0 Å². The number of ether oxygens (including phenoxy) is 1. The Balaban J connectivity index is 1.82. The summed E-state index contributed by atoms with van der Waals surface area (Å²) in [5.41, 5.74) is -0.177. The minimum absolute atomic E-state index is 0.00411. The summed E-state index contributed by atoms with van der Waals surface area (Å²) in [7, 11) is -2.96. The predicted octanol–water partition coefficient (Wildman–Crippen LogP) is 2.80. The van der Waals surface area contributed by atoms with Crippen molar-refractivity contribution in [2.75, 3.05) is 11.5 Å². The molecule has 7 heteroatoms. The maximum Gasteiger partial charge on any atom is 0.314 e. The molecule has 0 spiro atoms. The van der Waals surface area contributed by atoms with E-state index in [9.17, 15) is 18.3 Å². The van der Waals surface area contributed by atoms with Crippen LogP contribution >= 0.6 is 11.6 Å². The van der Waals surface area contributed by atoms with Gasteiger partial charge in [0, 0.05) is 0 Å². The van der Waals surface area contributed by atoms with Gasteiger partial charge >= 0.3 is 5.97 Å². The van der Waals surface area contributed by atoms with Crippen LogP contribution in [0.25, 0.3) is 0 Å². The average Bonchev–Trinajstić information content (AvgIpc) is 2.48. The molecule has 5 nitrogen and oxygen atoms in total. The zero-order valence-corrected chi connectivity index (χ0v) is 14.2. The first kappa shape index (κ1) is 16.6. The molecule has 1 saturated carbocycles. The molecule has 3 rings (SSSR count). The molecule has 2 aliphatic rings. The van der Waals surface area contributed by atoms with Gasteiger partial charge in [-0.1, -0.05) is 36.9 Å². The predicted molar refractivity (Wildman–Crippen MR) is 86.9 cm³/mol. The van der Waals surface area contributed by atoms with Gasteiger partial charge in [0.2, 0.25) is 0 Å². The fourth-order valence-electron chi connectivity index (χ4n) is 3.44. The summed E-state index contributed by atoms with van der Waals surface area (Å²) in [4.78, 5) is 11.8. The zero-order valence-electron chi connectivity index (χ0n) is 12.6. The SMILES string of the molecule is O=C(O)C1(c2ccc(OC3CS(=O)(=O)C3)c(Cl)c2)CCCCC1. The van der Waals surface area contributed by atoms with E-state index >= 15 is 0 Å². The van der Waals surface area contributed by atoms with E-state index < -0.39 is 21.2 Å². The quantitative estimate of drug-likeness (QED) is 0.895. The molecule has 2 fully saturated rings. The van der Waals surface area contributed by atoms with Crippen LogP contribution in [0.2, 0.25) is 5.02 Å². The Labute approximate surface area is 140 Å². The van der Waals surface area contributed by atoms with Crippen molar-refractivity contribution >= 4 is 27.4 Å². The number of benzene rings is 1. The van der Waals surface area contributed by atoms with Crippen LogP contribution in [0.1, 0.15) is 37.7 Å². The molecule has 0 aromatic heterocycles. The summed E-state index contributed by atoms with van der Waals surface area (Å²) in [6.45, 7) is 0. The number of carbonyl (C=O) groups is 1. The fraction of sp³-hybridized carbons (Fsp3) is 0.562. The van der Waals surface area contributed by atoms with E-state index in [4.69, 9.17) is 16.3 Å². The number of sulfone groups is 1. The van der Waals surface area contributed by atoms with E-state index in [1.165, 1.54) is 0 Å². The normalized spacial score (nSPS) is 23.0. The first-order chi connectivity index (χ1) is 10.8. The van der Waals surface area contributed by atoms with Crippen LogP contribution in [0, 0.1) is 0 Å². The van der Waals surface area contributed by atoms with Crippen LogP contribution in [0.5, 0.6) is 5.75 Å². The summed E-state index contributed by atoms with van der Waals surface area (Å²) in [5, 5.41) is 10.0. The molecule has 0 atom stereocenters. The topological polar surface area (TPSA) is 80.7 Å². The number of rotatable bonds is 4. The van der Waals surface area contributed by atoms with Gasteiger partial charge in [-0.25, -0.2) is 8.42 Å². The van der Waals surface area contributed by atoms with E-state index in [1.54, 1.807) is 18.2 Å². The second-order valence-corrected chi connectivity index (χ2v) is 8.97. The van der Waals surface area contributed by atoms with E-state index in [1.807, 2.05) is 0 Å². The molecule has 1 aliphatic heterocycles. The van der Waals surface area contributed by atoms with Crippen molar-refractivity contribution in [1.82, 2.24) is 0 Å². The minimum Gasteiger partial charge on any atom is -0.487 e. The van der Waals surface area contributed by atoms with Crippen molar-refractivity contribution in [3.8, 4) is 5.75 Å². The van der Waals surface area contributed by atoms with Crippen LogP contribution in [-0.4, -0.2) is 37.1 Å². The summed E-state index contributed by atoms with van der Waals surface area (Å²) < 4.78 is 27.9. The summed E-state index contributed by atoms with van der Waals surface area (Å²) in [5.74, 6) is -0.396. The molecular formula is C16H19ClO5S. The molecule has 1 aromatic rings. The largest absolute Gasteiger partial charge is 0.487 e. The maximum absolute atomic E-state index is 11.8. The fourth-order valence-corrected chi connectivity index (χ4v) is 4.84. The van der Waals surface area contributed by atoms with Gasteiger partial charge in [-0.3, -0.25) is 4.79 Å². The van der Waals surface area contributed by atoms with E-state index in [-0.39, 0.29) is 17.6 Å².